The molecule has 0 saturated heterocycles. The number of carbonyl (C=O) groups excluding carboxylic acids is 1. The molecule has 0 fully saturated rings. The van der Waals surface area contributed by atoms with Gasteiger partial charge in [0.2, 0.25) is 0 Å². The second-order valence-electron chi connectivity index (χ2n) is 5.81. The predicted molar refractivity (Wildman–Crippen MR) is 101 cm³/mol. The summed E-state index contributed by atoms with van der Waals surface area (Å²) >= 11 is 0. The lowest BCUT2D eigenvalue weighted by molar-refractivity contribution is -0.141. The minimum absolute atomic E-state index is 0.000437. The van der Waals surface area contributed by atoms with Crippen LogP contribution in [0.15, 0.2) is 61.2 Å². The van der Waals surface area contributed by atoms with Crippen LogP contribution in [0.2, 0.25) is 0 Å². The Labute approximate surface area is 151 Å². The van der Waals surface area contributed by atoms with Gasteiger partial charge < -0.3 is 19.3 Å². The summed E-state index contributed by atoms with van der Waals surface area (Å²) in [5.41, 5.74) is 0. The summed E-state index contributed by atoms with van der Waals surface area (Å²) in [5, 5.41) is 13.9. The summed E-state index contributed by atoms with van der Waals surface area (Å²) in [6, 6.07) is 15.7. The summed E-state index contributed by atoms with van der Waals surface area (Å²) in [6.45, 7) is 3.17. The number of fused-ring (bicyclic) bond motifs is 2. The molecule has 134 valence electrons. The second-order valence-corrected chi connectivity index (χ2v) is 5.81. The van der Waals surface area contributed by atoms with Gasteiger partial charge in [0.1, 0.15) is 30.8 Å². The maximum absolute atomic E-state index is 11.1. The first-order chi connectivity index (χ1) is 12.6. The van der Waals surface area contributed by atoms with Gasteiger partial charge in [-0.1, -0.05) is 30.8 Å². The van der Waals surface area contributed by atoms with E-state index in [2.05, 4.69) is 12.6 Å². The zero-order valence-corrected chi connectivity index (χ0v) is 14.5. The molecule has 0 heterocycles. The van der Waals surface area contributed by atoms with Crippen LogP contribution in [0.5, 0.6) is 11.5 Å². The standard InChI is InChI=1S/C21H20O5/c1-3-20(23)25-12-16(22)13-26-21-18-7-5-4-6-14(18)10-15-11-17(24-2)8-9-19(15)21/h3-11,16,22H,1,12-13H2,2H3. The number of hydrogen-bond acceptors (Lipinski definition) is 5. The Hall–Kier alpha value is -3.05. The highest BCUT2D eigenvalue weighted by molar-refractivity contribution is 6.05. The summed E-state index contributed by atoms with van der Waals surface area (Å²) in [5.74, 6) is 0.858. The quantitative estimate of drug-likeness (QED) is 0.401. The van der Waals surface area contributed by atoms with Gasteiger partial charge in [0.15, 0.2) is 0 Å². The molecule has 0 aliphatic carbocycles. The average Bonchev–Trinajstić information content (AvgIpc) is 2.68. The lowest BCUT2D eigenvalue weighted by Crippen LogP contribution is -2.24. The molecule has 1 atom stereocenters. The monoisotopic (exact) mass is 352 g/mol. The van der Waals surface area contributed by atoms with Gasteiger partial charge in [0.05, 0.1) is 7.11 Å². The molecule has 0 radical (unpaired) electrons. The fourth-order valence-corrected chi connectivity index (χ4v) is 2.76. The molecule has 0 aliphatic heterocycles. The smallest absolute Gasteiger partial charge is 0.330 e. The normalized spacial score (nSPS) is 11.9. The maximum atomic E-state index is 11.1. The van der Waals surface area contributed by atoms with Crippen molar-refractivity contribution in [3.63, 3.8) is 0 Å². The van der Waals surface area contributed by atoms with Crippen LogP contribution in [-0.4, -0.2) is 37.5 Å². The third-order valence-corrected chi connectivity index (χ3v) is 4.02. The summed E-state index contributed by atoms with van der Waals surface area (Å²) in [4.78, 5) is 11.1. The van der Waals surface area contributed by atoms with Crippen LogP contribution in [0, 0.1) is 0 Å². The second kappa shape index (κ2) is 7.89. The van der Waals surface area contributed by atoms with E-state index in [4.69, 9.17) is 14.2 Å². The molecule has 26 heavy (non-hydrogen) atoms. The number of benzene rings is 3. The first-order valence-electron chi connectivity index (χ1n) is 8.22. The van der Waals surface area contributed by atoms with Gasteiger partial charge in [0, 0.05) is 16.8 Å². The van der Waals surface area contributed by atoms with Crippen LogP contribution in [0.25, 0.3) is 21.5 Å². The number of aliphatic hydroxyl groups is 1. The number of carbonyl (C=O) groups is 1. The number of ether oxygens (including phenoxy) is 3. The van der Waals surface area contributed by atoms with E-state index in [1.165, 1.54) is 0 Å². The van der Waals surface area contributed by atoms with E-state index in [9.17, 15) is 9.90 Å². The zero-order chi connectivity index (χ0) is 18.5. The maximum Gasteiger partial charge on any atom is 0.330 e. The van der Waals surface area contributed by atoms with Gasteiger partial charge in [-0.3, -0.25) is 0 Å². The van der Waals surface area contributed by atoms with E-state index in [0.717, 1.165) is 33.4 Å². The summed E-state index contributed by atoms with van der Waals surface area (Å²) in [7, 11) is 1.63. The molecule has 0 aliphatic rings. The van der Waals surface area contributed by atoms with Crippen LogP contribution < -0.4 is 9.47 Å². The molecular formula is C21H20O5. The fourth-order valence-electron chi connectivity index (χ4n) is 2.76. The third-order valence-electron chi connectivity index (χ3n) is 4.02. The average molecular weight is 352 g/mol. The van der Waals surface area contributed by atoms with Crippen LogP contribution in [0.1, 0.15) is 0 Å². The van der Waals surface area contributed by atoms with Gasteiger partial charge in [-0.15, -0.1) is 0 Å². The number of rotatable bonds is 7. The number of esters is 1. The van der Waals surface area contributed by atoms with E-state index in [1.54, 1.807) is 7.11 Å². The highest BCUT2D eigenvalue weighted by Crippen LogP contribution is 2.36. The van der Waals surface area contributed by atoms with Crippen molar-refractivity contribution in [1.82, 2.24) is 0 Å². The molecule has 3 rings (SSSR count). The molecule has 5 heteroatoms. The molecule has 0 amide bonds. The molecule has 1 unspecified atom stereocenters. The van der Waals surface area contributed by atoms with Crippen LogP contribution in [-0.2, 0) is 9.53 Å². The first kappa shape index (κ1) is 17.8. The van der Waals surface area contributed by atoms with Crippen LogP contribution in [0.4, 0.5) is 0 Å². The van der Waals surface area contributed by atoms with Gasteiger partial charge >= 0.3 is 5.97 Å². The van der Waals surface area contributed by atoms with Gasteiger partial charge in [-0.25, -0.2) is 4.79 Å². The first-order valence-corrected chi connectivity index (χ1v) is 8.22. The molecule has 0 saturated carbocycles. The minimum Gasteiger partial charge on any atom is -0.497 e. The Morgan fingerprint density at radius 2 is 1.88 bits per heavy atom. The molecule has 0 bridgehead atoms. The van der Waals surface area contributed by atoms with Gasteiger partial charge in [-0.05, 0) is 35.0 Å². The Bertz CT molecular complexity index is 948. The zero-order valence-electron chi connectivity index (χ0n) is 14.5. The summed E-state index contributed by atoms with van der Waals surface area (Å²) in [6.07, 6.45) is 0.116. The fraction of sp³-hybridized carbons (Fsp3) is 0.190. The predicted octanol–water partition coefficient (Wildman–Crippen LogP) is 3.47. The Balaban J connectivity index is 1.91. The largest absolute Gasteiger partial charge is 0.497 e. The highest BCUT2D eigenvalue weighted by Gasteiger charge is 2.13. The lowest BCUT2D eigenvalue weighted by atomic mass is 10.0. The Morgan fingerprint density at radius 3 is 2.65 bits per heavy atom. The molecule has 1 N–H and O–H groups in total. The van der Waals surface area contributed by atoms with Crippen molar-refractivity contribution in [3.05, 3.63) is 61.2 Å². The number of hydrogen-bond donors (Lipinski definition) is 1. The van der Waals surface area contributed by atoms with Crippen molar-refractivity contribution in [3.8, 4) is 11.5 Å². The van der Waals surface area contributed by atoms with Crippen molar-refractivity contribution in [2.45, 2.75) is 6.10 Å². The van der Waals surface area contributed by atoms with Crippen LogP contribution in [0.3, 0.4) is 0 Å². The van der Waals surface area contributed by atoms with E-state index in [0.29, 0.717) is 5.75 Å². The van der Waals surface area contributed by atoms with Crippen molar-refractivity contribution in [1.29, 1.82) is 0 Å². The van der Waals surface area contributed by atoms with Gasteiger partial charge in [-0.2, -0.15) is 0 Å². The number of aliphatic hydroxyl groups excluding tert-OH is 1. The molecule has 5 nitrogen and oxygen atoms in total. The third kappa shape index (κ3) is 3.78. The van der Waals surface area contributed by atoms with E-state index < -0.39 is 12.1 Å². The van der Waals surface area contributed by atoms with Crippen molar-refractivity contribution >= 4 is 27.5 Å². The minimum atomic E-state index is -0.939. The van der Waals surface area contributed by atoms with Crippen molar-refractivity contribution < 1.29 is 24.1 Å². The highest BCUT2D eigenvalue weighted by atomic mass is 16.5. The van der Waals surface area contributed by atoms with Crippen molar-refractivity contribution in [2.24, 2.45) is 0 Å². The molecule has 0 spiro atoms. The Morgan fingerprint density at radius 1 is 1.12 bits per heavy atom. The van der Waals surface area contributed by atoms with Crippen molar-refractivity contribution in [2.75, 3.05) is 20.3 Å². The Kier molecular flexibility index (Phi) is 5.39. The lowest BCUT2D eigenvalue weighted by Gasteiger charge is -2.16. The van der Waals surface area contributed by atoms with E-state index >= 15 is 0 Å². The molecule has 3 aromatic rings. The van der Waals surface area contributed by atoms with E-state index in [1.807, 2.05) is 42.5 Å². The molecule has 3 aromatic carbocycles. The summed E-state index contributed by atoms with van der Waals surface area (Å²) < 4.78 is 16.1. The molecular weight excluding hydrogens is 332 g/mol. The number of methoxy groups -OCH3 is 1. The van der Waals surface area contributed by atoms with E-state index in [-0.39, 0.29) is 13.2 Å². The van der Waals surface area contributed by atoms with Crippen LogP contribution >= 0.6 is 0 Å². The van der Waals surface area contributed by atoms with Gasteiger partial charge in [0.25, 0.3) is 0 Å². The molecule has 0 aromatic heterocycles. The SMILES string of the molecule is C=CC(=O)OCC(O)COc1c2ccccc2cc2cc(OC)ccc12. The topological polar surface area (TPSA) is 65.0 Å².